The number of nitro benzene ring substituents is 1. The van der Waals surface area contributed by atoms with E-state index in [4.69, 9.17) is 6.57 Å². The van der Waals surface area contributed by atoms with Crippen molar-refractivity contribution in [3.05, 3.63) is 229 Å². The van der Waals surface area contributed by atoms with Crippen molar-refractivity contribution in [2.24, 2.45) is 0 Å². The van der Waals surface area contributed by atoms with Crippen LogP contribution in [0.2, 0.25) is 0 Å². The van der Waals surface area contributed by atoms with Crippen molar-refractivity contribution in [1.29, 1.82) is 0 Å². The highest BCUT2D eigenvalue weighted by molar-refractivity contribution is 7.18. The van der Waals surface area contributed by atoms with Crippen molar-refractivity contribution in [2.45, 2.75) is 48.5 Å². The molecule has 0 aliphatic heterocycles. The highest BCUT2D eigenvalue weighted by Crippen LogP contribution is 2.57. The topological polar surface area (TPSA) is 57.0 Å². The summed E-state index contributed by atoms with van der Waals surface area (Å²) in [6, 6.07) is 46.3. The molecule has 1 heterocycles. The molecule has 0 bridgehead atoms. The summed E-state index contributed by atoms with van der Waals surface area (Å²) in [6.07, 6.45) is 8.77. The van der Waals surface area contributed by atoms with Gasteiger partial charge in [0.05, 0.1) is 11.5 Å². The van der Waals surface area contributed by atoms with Gasteiger partial charge in [0.1, 0.15) is 17.2 Å². The molecule has 7 aromatic rings. The summed E-state index contributed by atoms with van der Waals surface area (Å²) in [6.45, 7) is 25.5. The Bertz CT molecular complexity index is 3050. The number of thiophene rings is 1. The summed E-state index contributed by atoms with van der Waals surface area (Å²) < 4.78 is 2.36. The molecule has 0 saturated carbocycles. The summed E-state index contributed by atoms with van der Waals surface area (Å²) in [5.41, 5.74) is 16.4. The Labute approximate surface area is 386 Å². The second-order valence-electron chi connectivity index (χ2n) is 16.2. The lowest BCUT2D eigenvalue weighted by atomic mass is 9.91. The quantitative estimate of drug-likeness (QED) is 0.0531. The normalized spacial score (nSPS) is 12.0. The molecule has 0 fully saturated rings. The fourth-order valence-electron chi connectivity index (χ4n) is 9.13. The van der Waals surface area contributed by atoms with Crippen molar-refractivity contribution in [3.63, 3.8) is 0 Å². The monoisotopic (exact) mass is 870 g/mol. The van der Waals surface area contributed by atoms with Gasteiger partial charge in [-0.15, -0.1) is 11.3 Å². The molecular weight excluding hydrogens is 819 g/mol. The highest BCUT2D eigenvalue weighted by Gasteiger charge is 2.32. The number of rotatable bonds is 12. The standard InChI is InChI=1S/C57H52N5O2S/c1-9-59(54-39(4)21-18-22-40(54)5)46-34-30-44(31-35-46)51(45-32-36-47(37-33-45)60(10-2)55-41(6)23-19-24-42(55)7)56-52(43-25-12-11-13-26-43)53(58-8)57(65-56)61(48-27-15-14-20-38(48)3)49-28-16-17-29-50(49)62(63)64/h11-37H,9-10H2,1-7H3/q+1. The molecule has 8 rings (SSSR count). The molecular formula is C57H52N5O2S+. The van der Waals surface area contributed by atoms with Crippen LogP contribution in [0, 0.1) is 51.3 Å². The van der Waals surface area contributed by atoms with Crippen LogP contribution in [-0.4, -0.2) is 28.3 Å². The first-order chi connectivity index (χ1) is 31.6. The molecule has 6 aromatic carbocycles. The van der Waals surface area contributed by atoms with Crippen molar-refractivity contribution >= 4 is 67.4 Å². The summed E-state index contributed by atoms with van der Waals surface area (Å²) in [5, 5.41) is 13.4. The van der Waals surface area contributed by atoms with E-state index in [1.165, 1.54) is 51.0 Å². The Morgan fingerprint density at radius 3 is 1.82 bits per heavy atom. The lowest BCUT2D eigenvalue weighted by Crippen LogP contribution is -2.18. The summed E-state index contributed by atoms with van der Waals surface area (Å²) in [5.74, 6) is 0. The van der Waals surface area contributed by atoms with E-state index in [1.54, 1.807) is 12.1 Å². The molecule has 0 amide bonds. The fourth-order valence-corrected chi connectivity index (χ4v) is 10.5. The van der Waals surface area contributed by atoms with Gasteiger partial charge in [-0.1, -0.05) is 109 Å². The van der Waals surface area contributed by atoms with Gasteiger partial charge in [-0.25, -0.2) is 4.85 Å². The van der Waals surface area contributed by atoms with E-state index in [0.717, 1.165) is 68.5 Å². The predicted molar refractivity (Wildman–Crippen MR) is 273 cm³/mol. The first kappa shape index (κ1) is 44.0. The van der Waals surface area contributed by atoms with Crippen LogP contribution in [0.3, 0.4) is 0 Å². The second kappa shape index (κ2) is 19.0. The summed E-state index contributed by atoms with van der Waals surface area (Å²) in [7, 11) is 0. The zero-order chi connectivity index (χ0) is 45.8. The van der Waals surface area contributed by atoms with Gasteiger partial charge in [-0.2, -0.15) is 4.58 Å². The van der Waals surface area contributed by atoms with Crippen LogP contribution in [0.15, 0.2) is 169 Å². The van der Waals surface area contributed by atoms with E-state index in [1.807, 2.05) is 72.5 Å². The number of hydrogen-bond acceptors (Lipinski definition) is 5. The molecule has 1 aliphatic rings. The summed E-state index contributed by atoms with van der Waals surface area (Å²) >= 11 is 1.49. The van der Waals surface area contributed by atoms with Crippen LogP contribution in [-0.2, 0) is 0 Å². The summed E-state index contributed by atoms with van der Waals surface area (Å²) in [4.78, 5) is 21.9. The molecule has 7 nitrogen and oxygen atoms in total. The minimum Gasteiger partial charge on any atom is -0.341 e. The molecule has 0 saturated heterocycles. The number of allylic oxidation sites excluding steroid dienone is 5. The third kappa shape index (κ3) is 8.47. The van der Waals surface area contributed by atoms with Gasteiger partial charge in [-0.3, -0.25) is 10.1 Å². The minimum absolute atomic E-state index is 0.0491. The number of nitro groups is 1. The van der Waals surface area contributed by atoms with Gasteiger partial charge < -0.3 is 9.80 Å². The molecule has 0 unspecified atom stereocenters. The maximum absolute atomic E-state index is 12.8. The number of aryl methyl sites for hydroxylation is 5. The number of para-hydroxylation sites is 5. The molecule has 0 N–H and O–H groups in total. The Morgan fingerprint density at radius 2 is 1.23 bits per heavy atom. The number of benzene rings is 6. The van der Waals surface area contributed by atoms with Crippen LogP contribution in [0.1, 0.15) is 52.1 Å². The third-order valence-electron chi connectivity index (χ3n) is 12.1. The van der Waals surface area contributed by atoms with E-state index in [9.17, 15) is 10.1 Å². The van der Waals surface area contributed by atoms with Crippen LogP contribution in [0.25, 0.3) is 21.5 Å². The van der Waals surface area contributed by atoms with Gasteiger partial charge in [0, 0.05) is 69.0 Å². The van der Waals surface area contributed by atoms with Crippen molar-refractivity contribution in [3.8, 4) is 11.1 Å². The van der Waals surface area contributed by atoms with E-state index in [-0.39, 0.29) is 10.6 Å². The largest absolute Gasteiger partial charge is 0.341 e. The molecule has 65 heavy (non-hydrogen) atoms. The van der Waals surface area contributed by atoms with Crippen LogP contribution in [0.5, 0.6) is 0 Å². The van der Waals surface area contributed by atoms with Crippen molar-refractivity contribution in [2.75, 3.05) is 22.9 Å². The minimum atomic E-state index is -0.346. The maximum Gasteiger partial charge on any atom is 0.293 e. The zero-order valence-corrected chi connectivity index (χ0v) is 38.8. The van der Waals surface area contributed by atoms with Gasteiger partial charge >= 0.3 is 0 Å². The number of nitrogens with zero attached hydrogens (tertiary/aromatic N) is 5. The van der Waals surface area contributed by atoms with Crippen LogP contribution < -0.4 is 9.80 Å². The molecule has 0 atom stereocenters. The van der Waals surface area contributed by atoms with E-state index in [2.05, 4.69) is 141 Å². The lowest BCUT2D eigenvalue weighted by molar-refractivity contribution is -0.435. The van der Waals surface area contributed by atoms with E-state index < -0.39 is 0 Å². The lowest BCUT2D eigenvalue weighted by Gasteiger charge is -2.27. The average Bonchev–Trinajstić information content (AvgIpc) is 3.69. The second-order valence-corrected chi connectivity index (χ2v) is 17.2. The fraction of sp³-hybridized carbons (Fsp3) is 0.158. The highest BCUT2D eigenvalue weighted by atomic mass is 32.1. The Balaban J connectivity index is 1.43. The number of anilines is 5. The first-order valence-corrected chi connectivity index (χ1v) is 22.8. The Kier molecular flexibility index (Phi) is 12.9. The Morgan fingerprint density at radius 1 is 0.662 bits per heavy atom. The molecule has 1 aliphatic carbocycles. The SMILES string of the molecule is [C-]#[N+]c1c(N(c2ccccc2C)c2ccccc2[N+](=O)[O-])sc(C(=C2C=CC(=[N+](CC)c3c(C)cccc3C)C=C2)c2ccc(N(CC)c3c(C)cccc3C)cc2)c1-c1ccccc1. The molecule has 1 aromatic heterocycles. The molecule has 322 valence electrons. The van der Waals surface area contributed by atoms with Crippen LogP contribution in [0.4, 0.5) is 44.8 Å². The zero-order valence-electron chi connectivity index (χ0n) is 38.0. The molecule has 0 spiro atoms. The van der Waals surface area contributed by atoms with Crippen molar-refractivity contribution < 1.29 is 9.50 Å². The smallest absolute Gasteiger partial charge is 0.293 e. The van der Waals surface area contributed by atoms with Crippen LogP contribution >= 0.6 is 11.3 Å². The Hall–Kier alpha value is -7.60. The van der Waals surface area contributed by atoms with Gasteiger partial charge in [0.25, 0.3) is 5.69 Å². The average molecular weight is 871 g/mol. The predicted octanol–water partition coefficient (Wildman–Crippen LogP) is 15.8. The molecule has 8 heteroatoms. The third-order valence-corrected chi connectivity index (χ3v) is 13.3. The number of hydrogen-bond donors (Lipinski definition) is 0. The first-order valence-electron chi connectivity index (χ1n) is 22.0. The molecule has 0 radical (unpaired) electrons. The van der Waals surface area contributed by atoms with Gasteiger partial charge in [0.15, 0.2) is 0 Å². The maximum atomic E-state index is 12.8. The van der Waals surface area contributed by atoms with Crippen molar-refractivity contribution in [1.82, 2.24) is 0 Å². The van der Waals surface area contributed by atoms with E-state index >= 15 is 0 Å². The van der Waals surface area contributed by atoms with Gasteiger partial charge in [-0.05, 0) is 118 Å². The van der Waals surface area contributed by atoms with Gasteiger partial charge in [0.2, 0.25) is 17.1 Å². The van der Waals surface area contributed by atoms with E-state index in [0.29, 0.717) is 16.4 Å².